The average Bonchev–Trinajstić information content (AvgIpc) is 2.47. The van der Waals surface area contributed by atoms with Crippen LogP contribution >= 0.6 is 15.9 Å². The first kappa shape index (κ1) is 10.4. The number of β-amino-alcohol motifs (C(OH)–C–C–N with tert-alkyl or cyclic N) is 1. The summed E-state index contributed by atoms with van der Waals surface area (Å²) in [6, 6.07) is 0. The summed E-state index contributed by atoms with van der Waals surface area (Å²) in [5.74, 6) is 0.638. The molecule has 1 aliphatic heterocycles. The third kappa shape index (κ3) is 3.28. The van der Waals surface area contributed by atoms with E-state index < -0.39 is 0 Å². The molecule has 1 rings (SSSR count). The molecule has 0 aromatic heterocycles. The minimum atomic E-state index is -0.253. The van der Waals surface area contributed by atoms with Crippen LogP contribution in [0.25, 0.3) is 0 Å². The van der Waals surface area contributed by atoms with Gasteiger partial charge in [-0.1, -0.05) is 0 Å². The molecule has 1 heterocycles. The molecule has 1 fully saturated rings. The summed E-state index contributed by atoms with van der Waals surface area (Å²) in [5.41, 5.74) is 11.1. The number of rotatable bonds is 2. The fourth-order valence-electron chi connectivity index (χ4n) is 1.25. The fraction of sp³-hybridized carbons (Fsp3) is 0.500. The molecule has 5 N–H and O–H groups in total. The lowest BCUT2D eigenvalue weighted by molar-refractivity contribution is 0.183. The Kier molecular flexibility index (Phi) is 3.62. The van der Waals surface area contributed by atoms with Crippen LogP contribution in [0.2, 0.25) is 0 Å². The van der Waals surface area contributed by atoms with Gasteiger partial charge in [0.2, 0.25) is 0 Å². The number of aliphatic hydroxyl groups excluding tert-OH is 1. The van der Waals surface area contributed by atoms with Crippen molar-refractivity contribution in [3.63, 3.8) is 0 Å². The minimum Gasteiger partial charge on any atom is -0.393 e. The summed E-state index contributed by atoms with van der Waals surface area (Å²) in [7, 11) is 0. The molecule has 1 aliphatic rings. The van der Waals surface area contributed by atoms with Gasteiger partial charge in [0.25, 0.3) is 0 Å². The molecular weight excluding hydrogens is 234 g/mol. The lowest BCUT2D eigenvalue weighted by Crippen LogP contribution is -2.26. The van der Waals surface area contributed by atoms with E-state index in [-0.39, 0.29) is 6.10 Å². The highest BCUT2D eigenvalue weighted by Gasteiger charge is 2.19. The second kappa shape index (κ2) is 4.53. The van der Waals surface area contributed by atoms with Crippen molar-refractivity contribution in [2.24, 2.45) is 11.5 Å². The highest BCUT2D eigenvalue weighted by Crippen LogP contribution is 2.12. The Hall–Kier alpha value is -0.680. The van der Waals surface area contributed by atoms with E-state index in [2.05, 4.69) is 15.9 Å². The van der Waals surface area contributed by atoms with Crippen LogP contribution in [0, 0.1) is 0 Å². The number of hydrogen-bond acceptors (Lipinski definition) is 4. The van der Waals surface area contributed by atoms with Gasteiger partial charge in [-0.05, 0) is 34.5 Å². The Balaban J connectivity index is 2.52. The van der Waals surface area contributed by atoms with Gasteiger partial charge in [0.05, 0.1) is 16.5 Å². The largest absolute Gasteiger partial charge is 0.393 e. The Morgan fingerprint density at radius 3 is 2.62 bits per heavy atom. The average molecular weight is 248 g/mol. The van der Waals surface area contributed by atoms with Crippen LogP contribution < -0.4 is 11.5 Å². The molecule has 1 saturated heterocycles. The van der Waals surface area contributed by atoms with E-state index in [0.717, 1.165) is 13.0 Å². The van der Waals surface area contributed by atoms with Crippen LogP contribution in [-0.2, 0) is 0 Å². The highest BCUT2D eigenvalue weighted by atomic mass is 79.9. The molecule has 0 amide bonds. The van der Waals surface area contributed by atoms with Crippen LogP contribution in [-0.4, -0.2) is 29.2 Å². The van der Waals surface area contributed by atoms with Gasteiger partial charge in [0.15, 0.2) is 0 Å². The maximum Gasteiger partial charge on any atom is 0.0988 e. The Labute approximate surface area is 86.0 Å². The van der Waals surface area contributed by atoms with Crippen molar-refractivity contribution < 1.29 is 5.11 Å². The third-order valence-corrected chi connectivity index (χ3v) is 2.21. The molecule has 0 aromatic rings. The van der Waals surface area contributed by atoms with E-state index in [4.69, 9.17) is 11.5 Å². The van der Waals surface area contributed by atoms with Gasteiger partial charge in [-0.3, -0.25) is 0 Å². The zero-order valence-electron chi connectivity index (χ0n) is 7.28. The maximum atomic E-state index is 9.25. The fourth-order valence-corrected chi connectivity index (χ4v) is 1.38. The molecule has 0 aromatic carbocycles. The molecular formula is C8H14BrN3O. The number of hydrogen-bond donors (Lipinski definition) is 3. The summed E-state index contributed by atoms with van der Waals surface area (Å²) in [5, 5.41) is 9.25. The highest BCUT2D eigenvalue weighted by molar-refractivity contribution is 9.11. The van der Waals surface area contributed by atoms with Crippen LogP contribution in [0.3, 0.4) is 0 Å². The Morgan fingerprint density at radius 1 is 1.46 bits per heavy atom. The summed E-state index contributed by atoms with van der Waals surface area (Å²) >= 11 is 3.09. The summed E-state index contributed by atoms with van der Waals surface area (Å²) in [6.45, 7) is 1.41. The first-order chi connectivity index (χ1) is 6.09. The molecule has 5 heteroatoms. The molecule has 13 heavy (non-hydrogen) atoms. The van der Waals surface area contributed by atoms with Crippen LogP contribution in [0.1, 0.15) is 6.42 Å². The van der Waals surface area contributed by atoms with Crippen molar-refractivity contribution in [2.45, 2.75) is 12.5 Å². The Morgan fingerprint density at radius 2 is 2.15 bits per heavy atom. The molecule has 0 aliphatic carbocycles. The van der Waals surface area contributed by atoms with Gasteiger partial charge in [-0.15, -0.1) is 0 Å². The predicted molar refractivity (Wildman–Crippen MR) is 55.7 cm³/mol. The van der Waals surface area contributed by atoms with Gasteiger partial charge in [0.1, 0.15) is 0 Å². The third-order valence-electron chi connectivity index (χ3n) is 1.94. The second-order valence-electron chi connectivity index (χ2n) is 3.03. The zero-order chi connectivity index (χ0) is 9.84. The monoisotopic (exact) mass is 247 g/mol. The summed E-state index contributed by atoms with van der Waals surface area (Å²) in [4.78, 5) is 1.93. The van der Waals surface area contributed by atoms with Gasteiger partial charge >= 0.3 is 0 Å². The maximum absolute atomic E-state index is 9.25. The number of nitrogens with two attached hydrogens (primary N) is 2. The quantitative estimate of drug-likeness (QED) is 0.476. The normalized spacial score (nSPS) is 25.4. The minimum absolute atomic E-state index is 0.253. The van der Waals surface area contributed by atoms with Crippen LogP contribution in [0.4, 0.5) is 0 Å². The molecule has 4 nitrogen and oxygen atoms in total. The smallest absolute Gasteiger partial charge is 0.0988 e. The van der Waals surface area contributed by atoms with Crippen LogP contribution in [0.5, 0.6) is 0 Å². The Bertz CT molecular complexity index is 236. The predicted octanol–water partition coefficient (Wildman–Crippen LogP) is 0.0481. The van der Waals surface area contributed by atoms with Crippen molar-refractivity contribution in [2.75, 3.05) is 13.1 Å². The van der Waals surface area contributed by atoms with E-state index in [1.165, 1.54) is 0 Å². The molecule has 1 atom stereocenters. The number of nitrogens with zero attached hydrogens (tertiary/aromatic N) is 1. The van der Waals surface area contributed by atoms with E-state index in [1.54, 1.807) is 12.2 Å². The van der Waals surface area contributed by atoms with Crippen molar-refractivity contribution in [3.8, 4) is 0 Å². The van der Waals surface area contributed by atoms with E-state index in [1.807, 2.05) is 4.90 Å². The summed E-state index contributed by atoms with van der Waals surface area (Å²) in [6.07, 6.45) is 3.93. The van der Waals surface area contributed by atoms with Gasteiger partial charge in [-0.25, -0.2) is 0 Å². The van der Waals surface area contributed by atoms with Crippen LogP contribution in [0.15, 0.2) is 22.6 Å². The molecule has 0 spiro atoms. The molecule has 0 bridgehead atoms. The first-order valence-electron chi connectivity index (χ1n) is 4.11. The van der Waals surface area contributed by atoms with E-state index >= 15 is 0 Å². The van der Waals surface area contributed by atoms with Gasteiger partial charge < -0.3 is 21.5 Å². The first-order valence-corrected chi connectivity index (χ1v) is 4.90. The number of aliphatic hydroxyl groups is 1. The van der Waals surface area contributed by atoms with Crippen molar-refractivity contribution >= 4 is 15.9 Å². The van der Waals surface area contributed by atoms with Crippen molar-refractivity contribution in [3.05, 3.63) is 22.6 Å². The molecule has 0 radical (unpaired) electrons. The van der Waals surface area contributed by atoms with Crippen molar-refractivity contribution in [1.29, 1.82) is 0 Å². The topological polar surface area (TPSA) is 75.5 Å². The lowest BCUT2D eigenvalue weighted by Gasteiger charge is -2.16. The van der Waals surface area contributed by atoms with E-state index in [0.29, 0.717) is 17.0 Å². The summed E-state index contributed by atoms with van der Waals surface area (Å²) < 4.78 is 0.537. The molecule has 0 saturated carbocycles. The van der Waals surface area contributed by atoms with Crippen molar-refractivity contribution in [1.82, 2.24) is 4.90 Å². The number of likely N-dealkylation sites (tertiary alicyclic amines) is 1. The molecule has 74 valence electrons. The zero-order valence-corrected chi connectivity index (χ0v) is 8.87. The second-order valence-corrected chi connectivity index (χ2v) is 3.95. The number of halogens is 1. The standard InChI is InChI=1S/C8H14BrN3O/c9-7(10)1-2-8(11)12-4-3-6(13)5-12/h1-2,6,13H,3-5,10-11H2/b7-1-,8-2+/t6-/m1/s1. The lowest BCUT2D eigenvalue weighted by atomic mass is 10.3. The van der Waals surface area contributed by atoms with Gasteiger partial charge in [-0.2, -0.15) is 0 Å². The van der Waals surface area contributed by atoms with E-state index in [9.17, 15) is 5.11 Å². The van der Waals surface area contributed by atoms with Gasteiger partial charge in [0, 0.05) is 13.1 Å². The SMILES string of the molecule is N/C(Br)=C\C=C(/N)N1CC[C@@H](O)C1. The number of allylic oxidation sites excluding steroid dienone is 2. The molecule has 0 unspecified atom stereocenters.